The third-order valence-electron chi connectivity index (χ3n) is 3.64. The summed E-state index contributed by atoms with van der Waals surface area (Å²) in [4.78, 5) is 12.3. The molecule has 2 rings (SSSR count). The van der Waals surface area contributed by atoms with Gasteiger partial charge >= 0.3 is 0 Å². The third kappa shape index (κ3) is 5.01. The maximum absolute atomic E-state index is 12.3. The van der Waals surface area contributed by atoms with Crippen LogP contribution in [0.1, 0.15) is 25.0 Å². The number of anilines is 2. The largest absolute Gasteiger partial charge is 0.491 e. The van der Waals surface area contributed by atoms with E-state index in [2.05, 4.69) is 24.5 Å². The number of ether oxygens (including phenoxy) is 1. The molecular weight excluding hydrogens is 300 g/mol. The summed E-state index contributed by atoms with van der Waals surface area (Å²) >= 11 is 0. The molecule has 0 radical (unpaired) electrons. The smallest absolute Gasteiger partial charge is 0.243 e. The third-order valence-corrected chi connectivity index (χ3v) is 3.64. The Morgan fingerprint density at radius 1 is 1.04 bits per heavy atom. The molecule has 0 aromatic heterocycles. The van der Waals surface area contributed by atoms with Gasteiger partial charge in [-0.1, -0.05) is 44.2 Å². The van der Waals surface area contributed by atoms with Crippen molar-refractivity contribution >= 4 is 17.3 Å². The van der Waals surface area contributed by atoms with Crippen LogP contribution in [0.2, 0.25) is 0 Å². The van der Waals surface area contributed by atoms with Gasteiger partial charge in [-0.25, -0.2) is 0 Å². The van der Waals surface area contributed by atoms with Crippen molar-refractivity contribution < 1.29 is 9.53 Å². The van der Waals surface area contributed by atoms with Crippen molar-refractivity contribution in [1.82, 2.24) is 0 Å². The maximum Gasteiger partial charge on any atom is 0.243 e. The Labute approximate surface area is 144 Å². The number of hydrogen-bond donors (Lipinski definition) is 2. The highest BCUT2D eigenvalue weighted by Gasteiger charge is 2.09. The number of aryl methyl sites for hydroxylation is 2. The zero-order valence-corrected chi connectivity index (χ0v) is 14.8. The van der Waals surface area contributed by atoms with Gasteiger partial charge in [-0.2, -0.15) is 0 Å². The van der Waals surface area contributed by atoms with E-state index in [0.717, 1.165) is 28.3 Å². The summed E-state index contributed by atoms with van der Waals surface area (Å²) in [6.45, 7) is 9.03. The van der Waals surface area contributed by atoms with Crippen LogP contribution in [0.25, 0.3) is 0 Å². The molecule has 2 aromatic rings. The Morgan fingerprint density at radius 3 is 2.38 bits per heavy atom. The Balaban J connectivity index is 1.97. The average molecular weight is 326 g/mol. The topological polar surface area (TPSA) is 50.4 Å². The first kappa shape index (κ1) is 17.9. The number of para-hydroxylation sites is 3. The van der Waals surface area contributed by atoms with Crippen LogP contribution >= 0.6 is 0 Å². The molecule has 0 spiro atoms. The molecule has 24 heavy (non-hydrogen) atoms. The molecule has 2 aromatic carbocycles. The van der Waals surface area contributed by atoms with Crippen LogP contribution in [0, 0.1) is 19.8 Å². The van der Waals surface area contributed by atoms with E-state index in [4.69, 9.17) is 4.74 Å². The van der Waals surface area contributed by atoms with Crippen molar-refractivity contribution in [3.63, 3.8) is 0 Å². The van der Waals surface area contributed by atoms with Crippen LogP contribution < -0.4 is 15.4 Å². The Hall–Kier alpha value is -2.49. The minimum absolute atomic E-state index is 0.0777. The molecule has 0 aliphatic rings. The van der Waals surface area contributed by atoms with Crippen molar-refractivity contribution in [2.45, 2.75) is 27.7 Å². The van der Waals surface area contributed by atoms with Crippen molar-refractivity contribution in [1.29, 1.82) is 0 Å². The van der Waals surface area contributed by atoms with Crippen molar-refractivity contribution in [2.24, 2.45) is 5.92 Å². The highest BCUT2D eigenvalue weighted by molar-refractivity contribution is 5.95. The first-order chi connectivity index (χ1) is 11.5. The standard InChI is InChI=1S/C20H26N2O2/c1-14(2)13-24-18-11-6-5-10-17(18)21-12-19(23)22-20-15(3)8-7-9-16(20)4/h5-11,14,21H,12-13H2,1-4H3,(H,22,23). The second-order valence-electron chi connectivity index (χ2n) is 6.37. The number of amides is 1. The molecule has 0 bridgehead atoms. The van der Waals surface area contributed by atoms with Crippen LogP contribution in [0.4, 0.5) is 11.4 Å². The van der Waals surface area contributed by atoms with E-state index in [1.807, 2.05) is 56.3 Å². The molecular formula is C20H26N2O2. The molecule has 128 valence electrons. The van der Waals surface area contributed by atoms with Gasteiger partial charge in [-0.05, 0) is 43.0 Å². The van der Waals surface area contributed by atoms with Crippen LogP contribution in [0.5, 0.6) is 5.75 Å². The monoisotopic (exact) mass is 326 g/mol. The summed E-state index contributed by atoms with van der Waals surface area (Å²) < 4.78 is 5.79. The normalized spacial score (nSPS) is 10.5. The molecule has 0 fully saturated rings. The van der Waals surface area contributed by atoms with Gasteiger partial charge in [-0.15, -0.1) is 0 Å². The lowest BCUT2D eigenvalue weighted by Gasteiger charge is -2.15. The zero-order valence-electron chi connectivity index (χ0n) is 14.8. The number of hydrogen-bond acceptors (Lipinski definition) is 3. The summed E-state index contributed by atoms with van der Waals surface area (Å²) in [5.41, 5.74) is 3.83. The highest BCUT2D eigenvalue weighted by atomic mass is 16.5. The van der Waals surface area contributed by atoms with Gasteiger partial charge in [0.15, 0.2) is 0 Å². The molecule has 0 unspecified atom stereocenters. The minimum atomic E-state index is -0.0777. The highest BCUT2D eigenvalue weighted by Crippen LogP contribution is 2.24. The Morgan fingerprint density at radius 2 is 1.71 bits per heavy atom. The Bertz CT molecular complexity index is 676. The van der Waals surface area contributed by atoms with E-state index in [1.54, 1.807) is 0 Å². The fraction of sp³-hybridized carbons (Fsp3) is 0.350. The predicted molar refractivity (Wildman–Crippen MR) is 99.8 cm³/mol. The fourth-order valence-electron chi connectivity index (χ4n) is 2.37. The molecule has 0 aliphatic carbocycles. The molecule has 0 heterocycles. The minimum Gasteiger partial charge on any atom is -0.491 e. The lowest BCUT2D eigenvalue weighted by atomic mass is 10.1. The Kier molecular flexibility index (Phi) is 6.24. The quantitative estimate of drug-likeness (QED) is 0.793. The zero-order chi connectivity index (χ0) is 17.5. The molecule has 1 amide bonds. The number of benzene rings is 2. The van der Waals surface area contributed by atoms with Crippen LogP contribution in [-0.2, 0) is 4.79 Å². The molecule has 2 N–H and O–H groups in total. The summed E-state index contributed by atoms with van der Waals surface area (Å²) in [6, 6.07) is 13.7. The van der Waals surface area contributed by atoms with E-state index >= 15 is 0 Å². The lowest BCUT2D eigenvalue weighted by Crippen LogP contribution is -2.23. The number of carbonyl (C=O) groups is 1. The van der Waals surface area contributed by atoms with E-state index in [1.165, 1.54) is 0 Å². The maximum atomic E-state index is 12.3. The molecule has 0 saturated heterocycles. The summed E-state index contributed by atoms with van der Waals surface area (Å²) in [7, 11) is 0. The van der Waals surface area contributed by atoms with Gasteiger partial charge in [0.2, 0.25) is 5.91 Å². The van der Waals surface area contributed by atoms with Gasteiger partial charge in [0.1, 0.15) is 5.75 Å². The first-order valence-corrected chi connectivity index (χ1v) is 8.29. The van der Waals surface area contributed by atoms with Crippen LogP contribution in [0.3, 0.4) is 0 Å². The number of carbonyl (C=O) groups excluding carboxylic acids is 1. The lowest BCUT2D eigenvalue weighted by molar-refractivity contribution is -0.114. The van der Waals surface area contributed by atoms with Gasteiger partial charge in [0.05, 0.1) is 18.8 Å². The number of nitrogens with one attached hydrogen (secondary N) is 2. The van der Waals surface area contributed by atoms with Gasteiger partial charge < -0.3 is 15.4 Å². The van der Waals surface area contributed by atoms with E-state index in [0.29, 0.717) is 12.5 Å². The number of rotatable bonds is 7. The van der Waals surface area contributed by atoms with Gasteiger partial charge in [0.25, 0.3) is 0 Å². The molecule has 4 heteroatoms. The van der Waals surface area contributed by atoms with Gasteiger partial charge in [-0.3, -0.25) is 4.79 Å². The van der Waals surface area contributed by atoms with Gasteiger partial charge in [0, 0.05) is 5.69 Å². The van der Waals surface area contributed by atoms with E-state index in [9.17, 15) is 4.79 Å². The van der Waals surface area contributed by atoms with Crippen molar-refractivity contribution in [2.75, 3.05) is 23.8 Å². The molecule has 4 nitrogen and oxygen atoms in total. The predicted octanol–water partition coefficient (Wildman–Crippen LogP) is 4.39. The second-order valence-corrected chi connectivity index (χ2v) is 6.37. The first-order valence-electron chi connectivity index (χ1n) is 8.29. The summed E-state index contributed by atoms with van der Waals surface area (Å²) in [5.74, 6) is 1.14. The fourth-order valence-corrected chi connectivity index (χ4v) is 2.37. The molecule has 0 aliphatic heterocycles. The second kappa shape index (κ2) is 8.39. The van der Waals surface area contributed by atoms with Crippen molar-refractivity contribution in [3.8, 4) is 5.75 Å². The van der Waals surface area contributed by atoms with Crippen LogP contribution in [-0.4, -0.2) is 19.1 Å². The SMILES string of the molecule is Cc1cccc(C)c1NC(=O)CNc1ccccc1OCC(C)C. The summed E-state index contributed by atoms with van der Waals surface area (Å²) in [6.07, 6.45) is 0. The molecule has 0 saturated carbocycles. The van der Waals surface area contributed by atoms with Crippen LogP contribution in [0.15, 0.2) is 42.5 Å². The average Bonchev–Trinajstić information content (AvgIpc) is 2.55. The van der Waals surface area contributed by atoms with E-state index in [-0.39, 0.29) is 12.5 Å². The summed E-state index contributed by atoms with van der Waals surface area (Å²) in [5, 5.41) is 6.14. The van der Waals surface area contributed by atoms with Crippen molar-refractivity contribution in [3.05, 3.63) is 53.6 Å². The molecule has 0 atom stereocenters. The van der Waals surface area contributed by atoms with E-state index < -0.39 is 0 Å².